The molecule has 0 aliphatic carbocycles. The van der Waals surface area contributed by atoms with Crippen molar-refractivity contribution in [3.63, 3.8) is 0 Å². The highest BCUT2D eigenvalue weighted by Gasteiger charge is 2.12. The summed E-state index contributed by atoms with van der Waals surface area (Å²) in [6.07, 6.45) is 0. The number of thiazole rings is 1. The molecule has 2 aromatic heterocycles. The molecule has 0 aliphatic rings. The van der Waals surface area contributed by atoms with Gasteiger partial charge in [-0.1, -0.05) is 23.8 Å². The number of hydrogen-bond acceptors (Lipinski definition) is 6. The highest BCUT2D eigenvalue weighted by atomic mass is 32.1. The molecule has 2 aromatic carbocycles. The summed E-state index contributed by atoms with van der Waals surface area (Å²) < 4.78 is 1.81. The van der Waals surface area contributed by atoms with Crippen LogP contribution in [0.3, 0.4) is 0 Å². The first-order valence-electron chi connectivity index (χ1n) is 9.17. The Kier molecular flexibility index (Phi) is 5.69. The van der Waals surface area contributed by atoms with E-state index in [1.54, 1.807) is 28.1 Å². The first kappa shape index (κ1) is 19.9. The predicted molar refractivity (Wildman–Crippen MR) is 123 cm³/mol. The van der Waals surface area contributed by atoms with Crippen molar-refractivity contribution in [2.45, 2.75) is 13.8 Å². The summed E-state index contributed by atoms with van der Waals surface area (Å²) in [5.74, 6) is 0. The van der Waals surface area contributed by atoms with E-state index in [1.165, 1.54) is 29.0 Å². The normalized spacial score (nSPS) is 12.3. The fourth-order valence-corrected chi connectivity index (χ4v) is 4.36. The fourth-order valence-electron chi connectivity index (χ4n) is 2.84. The summed E-state index contributed by atoms with van der Waals surface area (Å²) in [4.78, 5) is 17.2. The SMILES string of the molecule is CC(=Nn1c(-c2ccc([N+](=O)[O-])cc2)csc1=Nc1ccc(C)cc1)c1cccs1. The van der Waals surface area contributed by atoms with Crippen LogP contribution < -0.4 is 4.80 Å². The van der Waals surface area contributed by atoms with Crippen LogP contribution in [0.25, 0.3) is 11.3 Å². The van der Waals surface area contributed by atoms with E-state index in [2.05, 4.69) is 0 Å². The molecule has 2 heterocycles. The average Bonchev–Trinajstić information content (AvgIpc) is 3.41. The second-order valence-corrected chi connectivity index (χ2v) is 8.41. The number of nitro groups is 1. The highest BCUT2D eigenvalue weighted by Crippen LogP contribution is 2.24. The number of rotatable bonds is 5. The predicted octanol–water partition coefficient (Wildman–Crippen LogP) is 6.00. The lowest BCUT2D eigenvalue weighted by Crippen LogP contribution is -2.13. The summed E-state index contributed by atoms with van der Waals surface area (Å²) in [5, 5.41) is 19.8. The first-order chi connectivity index (χ1) is 14.5. The molecule has 0 bridgehead atoms. The zero-order chi connectivity index (χ0) is 21.1. The standard InChI is InChI=1S/C22H18N4O2S2/c1-15-5-9-18(10-6-15)23-22-25(24-16(2)21-4-3-13-29-21)20(14-30-22)17-7-11-19(12-8-17)26(27)28/h3-14H,1-2H3. The Morgan fingerprint density at radius 3 is 2.40 bits per heavy atom. The van der Waals surface area contributed by atoms with Gasteiger partial charge in [0.2, 0.25) is 4.80 Å². The Balaban J connectivity index is 1.86. The molecule has 6 nitrogen and oxygen atoms in total. The summed E-state index contributed by atoms with van der Waals surface area (Å²) in [6.45, 7) is 4.00. The van der Waals surface area contributed by atoms with Gasteiger partial charge in [-0.15, -0.1) is 22.7 Å². The average molecular weight is 435 g/mol. The monoisotopic (exact) mass is 434 g/mol. The van der Waals surface area contributed by atoms with Gasteiger partial charge in [0.15, 0.2) is 0 Å². The van der Waals surface area contributed by atoms with E-state index in [4.69, 9.17) is 10.1 Å². The van der Waals surface area contributed by atoms with Gasteiger partial charge in [-0.25, -0.2) is 9.67 Å². The van der Waals surface area contributed by atoms with Gasteiger partial charge >= 0.3 is 0 Å². The number of hydrogen-bond donors (Lipinski definition) is 0. The molecule has 0 saturated heterocycles. The fraction of sp³-hybridized carbons (Fsp3) is 0.0909. The molecular formula is C22H18N4O2S2. The Labute approximate surface area is 181 Å². The number of nitrogens with zero attached hydrogens (tertiary/aromatic N) is 4. The third-order valence-electron chi connectivity index (χ3n) is 4.45. The molecule has 4 aromatic rings. The minimum atomic E-state index is -0.400. The third kappa shape index (κ3) is 4.29. The molecule has 8 heteroatoms. The summed E-state index contributed by atoms with van der Waals surface area (Å²) in [7, 11) is 0. The number of thiophene rings is 1. The van der Waals surface area contributed by atoms with Crippen LogP contribution in [-0.4, -0.2) is 15.3 Å². The van der Waals surface area contributed by atoms with Gasteiger partial charge in [0.05, 0.1) is 26.9 Å². The van der Waals surface area contributed by atoms with Crippen molar-refractivity contribution in [2.24, 2.45) is 10.1 Å². The lowest BCUT2D eigenvalue weighted by atomic mass is 10.1. The molecule has 0 unspecified atom stereocenters. The molecule has 0 saturated carbocycles. The highest BCUT2D eigenvalue weighted by molar-refractivity contribution is 7.12. The van der Waals surface area contributed by atoms with Crippen molar-refractivity contribution in [3.05, 3.63) is 96.8 Å². The number of benzene rings is 2. The minimum absolute atomic E-state index is 0.0587. The van der Waals surface area contributed by atoms with Gasteiger partial charge in [-0.2, -0.15) is 5.10 Å². The second kappa shape index (κ2) is 8.56. The van der Waals surface area contributed by atoms with Crippen molar-refractivity contribution >= 4 is 39.8 Å². The molecular weight excluding hydrogens is 416 g/mol. The molecule has 0 aliphatic heterocycles. The van der Waals surface area contributed by atoms with Gasteiger partial charge in [0.1, 0.15) is 0 Å². The van der Waals surface area contributed by atoms with Crippen molar-refractivity contribution in [2.75, 3.05) is 0 Å². The van der Waals surface area contributed by atoms with Crippen molar-refractivity contribution in [1.29, 1.82) is 0 Å². The molecule has 150 valence electrons. The van der Waals surface area contributed by atoms with Crippen LogP contribution in [0.5, 0.6) is 0 Å². The van der Waals surface area contributed by atoms with Crippen LogP contribution in [0, 0.1) is 17.0 Å². The van der Waals surface area contributed by atoms with Gasteiger partial charge in [-0.05, 0) is 49.6 Å². The Morgan fingerprint density at radius 2 is 1.77 bits per heavy atom. The molecule has 30 heavy (non-hydrogen) atoms. The van der Waals surface area contributed by atoms with Gasteiger partial charge in [0.25, 0.3) is 5.69 Å². The van der Waals surface area contributed by atoms with Gasteiger partial charge in [-0.3, -0.25) is 10.1 Å². The maximum Gasteiger partial charge on any atom is 0.269 e. The van der Waals surface area contributed by atoms with Crippen LogP contribution in [-0.2, 0) is 0 Å². The van der Waals surface area contributed by atoms with Crippen molar-refractivity contribution < 1.29 is 4.92 Å². The summed E-state index contributed by atoms with van der Waals surface area (Å²) in [5.41, 5.74) is 4.61. The van der Waals surface area contributed by atoms with Crippen molar-refractivity contribution in [1.82, 2.24) is 4.68 Å². The number of aryl methyl sites for hydroxylation is 1. The number of non-ortho nitro benzene ring substituents is 1. The molecule has 0 N–H and O–H groups in total. The number of nitro benzene ring substituents is 1. The maximum absolute atomic E-state index is 11.0. The van der Waals surface area contributed by atoms with Gasteiger partial charge in [0, 0.05) is 23.1 Å². The smallest absolute Gasteiger partial charge is 0.258 e. The van der Waals surface area contributed by atoms with Crippen LogP contribution in [0.1, 0.15) is 17.4 Å². The van der Waals surface area contributed by atoms with E-state index >= 15 is 0 Å². The lowest BCUT2D eigenvalue weighted by molar-refractivity contribution is -0.384. The largest absolute Gasteiger partial charge is 0.269 e. The van der Waals surface area contributed by atoms with E-state index < -0.39 is 4.92 Å². The first-order valence-corrected chi connectivity index (χ1v) is 10.9. The van der Waals surface area contributed by atoms with E-state index in [-0.39, 0.29) is 5.69 Å². The quantitative estimate of drug-likeness (QED) is 0.219. The topological polar surface area (TPSA) is 72.8 Å². The molecule has 0 atom stereocenters. The van der Waals surface area contributed by atoms with Crippen LogP contribution in [0.4, 0.5) is 11.4 Å². The molecule has 0 amide bonds. The zero-order valence-electron chi connectivity index (χ0n) is 16.4. The number of aromatic nitrogens is 1. The van der Waals surface area contributed by atoms with Gasteiger partial charge < -0.3 is 0 Å². The Morgan fingerprint density at radius 1 is 1.03 bits per heavy atom. The van der Waals surface area contributed by atoms with E-state index in [0.717, 1.165) is 32.3 Å². The Bertz CT molecular complexity index is 1270. The van der Waals surface area contributed by atoms with E-state index in [0.29, 0.717) is 0 Å². The molecule has 0 spiro atoms. The third-order valence-corrected chi connectivity index (χ3v) is 6.24. The van der Waals surface area contributed by atoms with Crippen LogP contribution in [0.2, 0.25) is 0 Å². The van der Waals surface area contributed by atoms with Crippen LogP contribution >= 0.6 is 22.7 Å². The van der Waals surface area contributed by atoms with Crippen molar-refractivity contribution in [3.8, 4) is 11.3 Å². The second-order valence-electron chi connectivity index (χ2n) is 6.63. The maximum atomic E-state index is 11.0. The molecule has 4 rings (SSSR count). The summed E-state index contributed by atoms with van der Waals surface area (Å²) >= 11 is 3.10. The molecule has 0 fully saturated rings. The summed E-state index contributed by atoms with van der Waals surface area (Å²) in [6, 6.07) is 18.5. The van der Waals surface area contributed by atoms with E-state index in [9.17, 15) is 10.1 Å². The van der Waals surface area contributed by atoms with E-state index in [1.807, 2.05) is 61.0 Å². The Hall–Kier alpha value is -3.36. The lowest BCUT2D eigenvalue weighted by Gasteiger charge is -2.05. The zero-order valence-corrected chi connectivity index (χ0v) is 18.0. The molecule has 0 radical (unpaired) electrons. The minimum Gasteiger partial charge on any atom is -0.258 e. The van der Waals surface area contributed by atoms with Crippen LogP contribution in [0.15, 0.2) is 81.5 Å².